The standard InChI is InChI=1S/C16H22N4O3/c1-19-6-5-7-20-14(10-19)17-18-16(20)11-8-12(21-2)15(23-4)13(9-11)22-3/h8-9H,5-7,10H2,1-4H3. The fourth-order valence-electron chi connectivity index (χ4n) is 2.93. The molecule has 0 radical (unpaired) electrons. The molecule has 0 amide bonds. The fourth-order valence-corrected chi connectivity index (χ4v) is 2.93. The zero-order valence-corrected chi connectivity index (χ0v) is 14.0. The normalized spacial score (nSPS) is 15.0. The van der Waals surface area contributed by atoms with Crippen molar-refractivity contribution in [1.29, 1.82) is 0 Å². The summed E-state index contributed by atoms with van der Waals surface area (Å²) < 4.78 is 18.4. The molecule has 0 saturated heterocycles. The molecule has 2 aromatic rings. The smallest absolute Gasteiger partial charge is 0.203 e. The van der Waals surface area contributed by atoms with Crippen molar-refractivity contribution in [3.8, 4) is 28.6 Å². The van der Waals surface area contributed by atoms with Crippen molar-refractivity contribution < 1.29 is 14.2 Å². The number of hydrogen-bond donors (Lipinski definition) is 0. The quantitative estimate of drug-likeness (QED) is 0.857. The van der Waals surface area contributed by atoms with Crippen LogP contribution in [0.1, 0.15) is 12.2 Å². The Morgan fingerprint density at radius 3 is 2.26 bits per heavy atom. The van der Waals surface area contributed by atoms with E-state index >= 15 is 0 Å². The molecular weight excluding hydrogens is 296 g/mol. The van der Waals surface area contributed by atoms with Crippen LogP contribution >= 0.6 is 0 Å². The molecule has 23 heavy (non-hydrogen) atoms. The Labute approximate surface area is 135 Å². The Balaban J connectivity index is 2.09. The van der Waals surface area contributed by atoms with E-state index in [4.69, 9.17) is 14.2 Å². The molecular formula is C16H22N4O3. The largest absolute Gasteiger partial charge is 0.493 e. The lowest BCUT2D eigenvalue weighted by molar-refractivity contribution is 0.324. The maximum atomic E-state index is 5.43. The summed E-state index contributed by atoms with van der Waals surface area (Å²) in [6.07, 6.45) is 1.07. The maximum absolute atomic E-state index is 5.43. The molecule has 1 aromatic heterocycles. The Bertz CT molecular complexity index is 674. The van der Waals surface area contributed by atoms with E-state index in [1.54, 1.807) is 21.3 Å². The summed E-state index contributed by atoms with van der Waals surface area (Å²) in [4.78, 5) is 2.26. The second kappa shape index (κ2) is 6.45. The zero-order chi connectivity index (χ0) is 16.4. The summed E-state index contributed by atoms with van der Waals surface area (Å²) in [5, 5.41) is 8.74. The van der Waals surface area contributed by atoms with Gasteiger partial charge in [0.2, 0.25) is 5.75 Å². The van der Waals surface area contributed by atoms with Crippen molar-refractivity contribution in [3.63, 3.8) is 0 Å². The van der Waals surface area contributed by atoms with Gasteiger partial charge in [-0.1, -0.05) is 0 Å². The monoisotopic (exact) mass is 318 g/mol. The summed E-state index contributed by atoms with van der Waals surface area (Å²) in [6.45, 7) is 2.76. The van der Waals surface area contributed by atoms with E-state index in [0.717, 1.165) is 43.3 Å². The van der Waals surface area contributed by atoms with E-state index < -0.39 is 0 Å². The Morgan fingerprint density at radius 2 is 1.65 bits per heavy atom. The van der Waals surface area contributed by atoms with E-state index in [9.17, 15) is 0 Å². The second-order valence-corrected chi connectivity index (χ2v) is 5.60. The molecule has 3 rings (SSSR count). The number of benzene rings is 1. The van der Waals surface area contributed by atoms with Crippen molar-refractivity contribution in [2.75, 3.05) is 34.9 Å². The minimum atomic E-state index is 0.578. The Hall–Kier alpha value is -2.28. The highest BCUT2D eigenvalue weighted by Gasteiger charge is 2.21. The van der Waals surface area contributed by atoms with Gasteiger partial charge in [0, 0.05) is 18.7 Å². The van der Waals surface area contributed by atoms with Gasteiger partial charge in [0.15, 0.2) is 17.3 Å². The van der Waals surface area contributed by atoms with Gasteiger partial charge in [0.1, 0.15) is 5.82 Å². The van der Waals surface area contributed by atoms with Crippen LogP contribution in [-0.2, 0) is 13.1 Å². The van der Waals surface area contributed by atoms with Gasteiger partial charge in [0.05, 0.1) is 27.9 Å². The first kappa shape index (κ1) is 15.6. The van der Waals surface area contributed by atoms with E-state index in [1.165, 1.54) is 0 Å². The SMILES string of the molecule is COc1cc(-c2nnc3n2CCCN(C)C3)cc(OC)c1OC. The van der Waals surface area contributed by atoms with Crippen LogP contribution in [-0.4, -0.2) is 54.6 Å². The first-order valence-corrected chi connectivity index (χ1v) is 7.59. The molecule has 0 atom stereocenters. The molecule has 7 heteroatoms. The van der Waals surface area contributed by atoms with Crippen molar-refractivity contribution >= 4 is 0 Å². The van der Waals surface area contributed by atoms with Gasteiger partial charge < -0.3 is 18.8 Å². The van der Waals surface area contributed by atoms with E-state index in [1.807, 2.05) is 12.1 Å². The van der Waals surface area contributed by atoms with Crippen LogP contribution in [0.3, 0.4) is 0 Å². The minimum Gasteiger partial charge on any atom is -0.493 e. The van der Waals surface area contributed by atoms with Gasteiger partial charge in [-0.3, -0.25) is 4.90 Å². The third kappa shape index (κ3) is 2.84. The summed E-state index contributed by atoms with van der Waals surface area (Å²) in [7, 11) is 6.92. The highest BCUT2D eigenvalue weighted by Crippen LogP contribution is 2.41. The topological polar surface area (TPSA) is 61.6 Å². The molecule has 0 unspecified atom stereocenters. The number of hydrogen-bond acceptors (Lipinski definition) is 6. The lowest BCUT2D eigenvalue weighted by Gasteiger charge is -2.14. The molecule has 0 fully saturated rings. The molecule has 0 bridgehead atoms. The molecule has 0 N–H and O–H groups in total. The first-order chi connectivity index (χ1) is 11.2. The van der Waals surface area contributed by atoms with Crippen LogP contribution in [0.15, 0.2) is 12.1 Å². The molecule has 1 aliphatic heterocycles. The predicted molar refractivity (Wildman–Crippen MR) is 86.1 cm³/mol. The van der Waals surface area contributed by atoms with Crippen LogP contribution in [0.25, 0.3) is 11.4 Å². The second-order valence-electron chi connectivity index (χ2n) is 5.60. The highest BCUT2D eigenvalue weighted by molar-refractivity contribution is 5.67. The van der Waals surface area contributed by atoms with Crippen LogP contribution in [0, 0.1) is 0 Å². The molecule has 0 spiro atoms. The van der Waals surface area contributed by atoms with Crippen molar-refractivity contribution in [2.45, 2.75) is 19.5 Å². The van der Waals surface area contributed by atoms with Crippen molar-refractivity contribution in [3.05, 3.63) is 18.0 Å². The van der Waals surface area contributed by atoms with E-state index in [0.29, 0.717) is 17.2 Å². The number of rotatable bonds is 4. The lowest BCUT2D eigenvalue weighted by Crippen LogP contribution is -2.17. The Morgan fingerprint density at radius 1 is 0.957 bits per heavy atom. The molecule has 124 valence electrons. The third-order valence-electron chi connectivity index (χ3n) is 4.08. The number of ether oxygens (including phenoxy) is 3. The van der Waals surface area contributed by atoms with E-state index in [2.05, 4.69) is 26.7 Å². The molecule has 2 heterocycles. The average Bonchev–Trinajstić information content (AvgIpc) is 2.86. The molecule has 1 aliphatic rings. The summed E-state index contributed by atoms with van der Waals surface area (Å²) in [5.41, 5.74) is 0.905. The van der Waals surface area contributed by atoms with Gasteiger partial charge in [-0.2, -0.15) is 0 Å². The van der Waals surface area contributed by atoms with Crippen LogP contribution in [0.5, 0.6) is 17.2 Å². The fraction of sp³-hybridized carbons (Fsp3) is 0.500. The molecule has 1 aromatic carbocycles. The van der Waals surface area contributed by atoms with Crippen LogP contribution < -0.4 is 14.2 Å². The lowest BCUT2D eigenvalue weighted by atomic mass is 10.1. The number of nitrogens with zero attached hydrogens (tertiary/aromatic N) is 4. The third-order valence-corrected chi connectivity index (χ3v) is 4.08. The molecule has 7 nitrogen and oxygen atoms in total. The number of fused-ring (bicyclic) bond motifs is 1. The van der Waals surface area contributed by atoms with Gasteiger partial charge in [-0.25, -0.2) is 0 Å². The predicted octanol–water partition coefficient (Wildman–Crippen LogP) is 1.81. The zero-order valence-electron chi connectivity index (χ0n) is 14.0. The first-order valence-electron chi connectivity index (χ1n) is 7.59. The molecule has 0 saturated carbocycles. The summed E-state index contributed by atoms with van der Waals surface area (Å²) in [5.74, 6) is 3.62. The van der Waals surface area contributed by atoms with Gasteiger partial charge in [-0.15, -0.1) is 10.2 Å². The van der Waals surface area contributed by atoms with Gasteiger partial charge in [-0.05, 0) is 25.6 Å². The Kier molecular flexibility index (Phi) is 4.38. The summed E-state index contributed by atoms with van der Waals surface area (Å²) >= 11 is 0. The van der Waals surface area contributed by atoms with E-state index in [-0.39, 0.29) is 0 Å². The van der Waals surface area contributed by atoms with Gasteiger partial charge >= 0.3 is 0 Å². The minimum absolute atomic E-state index is 0.578. The number of methoxy groups -OCH3 is 3. The molecule has 0 aliphatic carbocycles. The van der Waals surface area contributed by atoms with Crippen molar-refractivity contribution in [2.24, 2.45) is 0 Å². The van der Waals surface area contributed by atoms with Crippen LogP contribution in [0.2, 0.25) is 0 Å². The number of aromatic nitrogens is 3. The van der Waals surface area contributed by atoms with Crippen LogP contribution in [0.4, 0.5) is 0 Å². The van der Waals surface area contributed by atoms with Gasteiger partial charge in [0.25, 0.3) is 0 Å². The maximum Gasteiger partial charge on any atom is 0.203 e. The summed E-state index contributed by atoms with van der Waals surface area (Å²) in [6, 6.07) is 3.82. The average molecular weight is 318 g/mol. The highest BCUT2D eigenvalue weighted by atomic mass is 16.5. The van der Waals surface area contributed by atoms with Crippen molar-refractivity contribution in [1.82, 2.24) is 19.7 Å².